The third-order valence-electron chi connectivity index (χ3n) is 3.16. The summed E-state index contributed by atoms with van der Waals surface area (Å²) in [4.78, 5) is 24.8. The third kappa shape index (κ3) is 1.85. The molecule has 0 N–H and O–H groups in total. The van der Waals surface area contributed by atoms with Crippen LogP contribution in [0.15, 0.2) is 0 Å². The SMILES string of the molecule is CC1C(=O)N(C(=O)CCBr)C(C)C1C. The molecule has 0 aromatic rings. The lowest BCUT2D eigenvalue weighted by molar-refractivity contribution is -0.144. The molecular weight excluding hydrogens is 246 g/mol. The summed E-state index contributed by atoms with van der Waals surface area (Å²) in [5, 5.41) is 0.616. The van der Waals surface area contributed by atoms with Gasteiger partial charge in [0.25, 0.3) is 0 Å². The lowest BCUT2D eigenvalue weighted by Crippen LogP contribution is -2.38. The molecule has 3 unspecified atom stereocenters. The Morgan fingerprint density at radius 1 is 1.43 bits per heavy atom. The monoisotopic (exact) mass is 261 g/mol. The Balaban J connectivity index is 2.79. The molecule has 0 aromatic carbocycles. The quantitative estimate of drug-likeness (QED) is 0.711. The van der Waals surface area contributed by atoms with Crippen LogP contribution in [0.25, 0.3) is 0 Å². The highest BCUT2D eigenvalue weighted by atomic mass is 79.9. The number of amides is 2. The first-order chi connectivity index (χ1) is 6.50. The van der Waals surface area contributed by atoms with Crippen molar-refractivity contribution in [1.29, 1.82) is 0 Å². The van der Waals surface area contributed by atoms with E-state index in [9.17, 15) is 9.59 Å². The van der Waals surface area contributed by atoms with Crippen molar-refractivity contribution >= 4 is 27.7 Å². The average Bonchev–Trinajstić information content (AvgIpc) is 2.32. The number of alkyl halides is 1. The first-order valence-electron chi connectivity index (χ1n) is 4.92. The second-order valence-corrected chi connectivity index (χ2v) is 4.72. The smallest absolute Gasteiger partial charge is 0.232 e. The summed E-state index contributed by atoms with van der Waals surface area (Å²) in [5.41, 5.74) is 0. The van der Waals surface area contributed by atoms with Crippen molar-refractivity contribution in [3.63, 3.8) is 0 Å². The molecule has 0 spiro atoms. The predicted octanol–water partition coefficient (Wildman–Crippen LogP) is 1.80. The van der Waals surface area contributed by atoms with Gasteiger partial charge < -0.3 is 0 Å². The summed E-state index contributed by atoms with van der Waals surface area (Å²) in [7, 11) is 0. The zero-order chi connectivity index (χ0) is 10.9. The van der Waals surface area contributed by atoms with Gasteiger partial charge in [-0.25, -0.2) is 0 Å². The normalized spacial score (nSPS) is 32.4. The van der Waals surface area contributed by atoms with Gasteiger partial charge in [0.1, 0.15) is 0 Å². The Kier molecular flexibility index (Phi) is 3.70. The van der Waals surface area contributed by atoms with Crippen molar-refractivity contribution in [2.45, 2.75) is 33.2 Å². The molecule has 0 radical (unpaired) electrons. The number of likely N-dealkylation sites (tertiary alicyclic amines) is 1. The molecule has 2 amide bonds. The topological polar surface area (TPSA) is 37.4 Å². The van der Waals surface area contributed by atoms with E-state index in [1.807, 2.05) is 20.8 Å². The Morgan fingerprint density at radius 2 is 2.00 bits per heavy atom. The molecule has 14 heavy (non-hydrogen) atoms. The van der Waals surface area contributed by atoms with Crippen molar-refractivity contribution < 1.29 is 9.59 Å². The molecule has 0 aromatic heterocycles. The fourth-order valence-corrected chi connectivity index (χ4v) is 2.19. The van der Waals surface area contributed by atoms with Crippen LogP contribution in [0.3, 0.4) is 0 Å². The van der Waals surface area contributed by atoms with E-state index in [1.54, 1.807) is 0 Å². The highest BCUT2D eigenvalue weighted by Gasteiger charge is 2.43. The van der Waals surface area contributed by atoms with Crippen LogP contribution in [0.1, 0.15) is 27.2 Å². The minimum Gasteiger partial charge on any atom is -0.279 e. The van der Waals surface area contributed by atoms with Gasteiger partial charge >= 0.3 is 0 Å². The van der Waals surface area contributed by atoms with Crippen LogP contribution in [-0.2, 0) is 9.59 Å². The van der Waals surface area contributed by atoms with Gasteiger partial charge in [-0.1, -0.05) is 29.8 Å². The van der Waals surface area contributed by atoms with Gasteiger partial charge in [0, 0.05) is 23.7 Å². The Labute approximate surface area is 93.0 Å². The number of halogens is 1. The standard InChI is InChI=1S/C10H16BrNO2/c1-6-7(2)10(14)12(8(6)3)9(13)4-5-11/h6-8H,4-5H2,1-3H3. The maximum absolute atomic E-state index is 11.7. The molecule has 3 nitrogen and oxygen atoms in total. The number of carbonyl (C=O) groups is 2. The number of nitrogens with zero attached hydrogens (tertiary/aromatic N) is 1. The van der Waals surface area contributed by atoms with Crippen LogP contribution in [0, 0.1) is 11.8 Å². The van der Waals surface area contributed by atoms with E-state index in [1.165, 1.54) is 4.90 Å². The number of imide groups is 1. The van der Waals surface area contributed by atoms with Crippen LogP contribution in [0.2, 0.25) is 0 Å². The molecule has 0 bridgehead atoms. The van der Waals surface area contributed by atoms with Gasteiger partial charge in [0.15, 0.2) is 0 Å². The van der Waals surface area contributed by atoms with Crippen LogP contribution in [-0.4, -0.2) is 28.1 Å². The summed E-state index contributed by atoms with van der Waals surface area (Å²) in [6, 6.07) is 0.0454. The summed E-state index contributed by atoms with van der Waals surface area (Å²) < 4.78 is 0. The first-order valence-corrected chi connectivity index (χ1v) is 6.04. The van der Waals surface area contributed by atoms with Gasteiger partial charge in [0.2, 0.25) is 11.8 Å². The van der Waals surface area contributed by atoms with Crippen LogP contribution in [0.4, 0.5) is 0 Å². The number of hydrogen-bond donors (Lipinski definition) is 0. The fraction of sp³-hybridized carbons (Fsp3) is 0.800. The van der Waals surface area contributed by atoms with E-state index in [-0.39, 0.29) is 29.7 Å². The zero-order valence-corrected chi connectivity index (χ0v) is 10.4. The molecule has 1 rings (SSSR count). The van der Waals surface area contributed by atoms with Crippen molar-refractivity contribution in [2.75, 3.05) is 5.33 Å². The second kappa shape index (κ2) is 4.43. The van der Waals surface area contributed by atoms with E-state index in [4.69, 9.17) is 0 Å². The Morgan fingerprint density at radius 3 is 2.36 bits per heavy atom. The fourth-order valence-electron chi connectivity index (χ4n) is 1.85. The van der Waals surface area contributed by atoms with Crippen LogP contribution in [0.5, 0.6) is 0 Å². The summed E-state index contributed by atoms with van der Waals surface area (Å²) in [6.07, 6.45) is 0.398. The second-order valence-electron chi connectivity index (χ2n) is 3.93. The van der Waals surface area contributed by atoms with Crippen LogP contribution >= 0.6 is 15.9 Å². The number of carbonyl (C=O) groups excluding carboxylic acids is 2. The summed E-state index contributed by atoms with van der Waals surface area (Å²) in [5.74, 6) is 0.164. The minimum atomic E-state index is -0.0597. The van der Waals surface area contributed by atoms with E-state index in [0.717, 1.165) is 0 Å². The van der Waals surface area contributed by atoms with Crippen molar-refractivity contribution in [1.82, 2.24) is 4.90 Å². The lowest BCUT2D eigenvalue weighted by atomic mass is 9.95. The third-order valence-corrected chi connectivity index (χ3v) is 3.56. The predicted molar refractivity (Wildman–Crippen MR) is 58.1 cm³/mol. The van der Waals surface area contributed by atoms with Gasteiger partial charge in [-0.2, -0.15) is 0 Å². The molecule has 0 aliphatic carbocycles. The number of hydrogen-bond acceptors (Lipinski definition) is 2. The number of rotatable bonds is 2. The highest BCUT2D eigenvalue weighted by Crippen LogP contribution is 2.30. The lowest BCUT2D eigenvalue weighted by Gasteiger charge is -2.20. The van der Waals surface area contributed by atoms with Crippen molar-refractivity contribution in [2.24, 2.45) is 11.8 Å². The molecule has 1 aliphatic heterocycles. The molecular formula is C10H16BrNO2. The van der Waals surface area contributed by atoms with Crippen molar-refractivity contribution in [3.8, 4) is 0 Å². The highest BCUT2D eigenvalue weighted by molar-refractivity contribution is 9.09. The van der Waals surface area contributed by atoms with Gasteiger partial charge in [0.05, 0.1) is 0 Å². The Bertz CT molecular complexity index is 255. The molecule has 1 heterocycles. The molecule has 1 aliphatic rings. The maximum Gasteiger partial charge on any atom is 0.232 e. The molecule has 1 fully saturated rings. The summed E-state index contributed by atoms with van der Waals surface area (Å²) in [6.45, 7) is 5.86. The maximum atomic E-state index is 11.7. The Hall–Kier alpha value is -0.380. The molecule has 80 valence electrons. The minimum absolute atomic E-state index is 0.0176. The molecule has 3 atom stereocenters. The van der Waals surface area contributed by atoms with Gasteiger partial charge in [-0.05, 0) is 12.8 Å². The zero-order valence-electron chi connectivity index (χ0n) is 8.79. The summed E-state index contributed by atoms with van der Waals surface area (Å²) >= 11 is 3.21. The van der Waals surface area contributed by atoms with E-state index in [0.29, 0.717) is 11.8 Å². The molecule has 4 heteroatoms. The van der Waals surface area contributed by atoms with Crippen molar-refractivity contribution in [3.05, 3.63) is 0 Å². The van der Waals surface area contributed by atoms with E-state index in [2.05, 4.69) is 15.9 Å². The van der Waals surface area contributed by atoms with E-state index >= 15 is 0 Å². The first kappa shape index (κ1) is 11.7. The average molecular weight is 262 g/mol. The van der Waals surface area contributed by atoms with Gasteiger partial charge in [-0.3, -0.25) is 14.5 Å². The largest absolute Gasteiger partial charge is 0.279 e. The van der Waals surface area contributed by atoms with Gasteiger partial charge in [-0.15, -0.1) is 0 Å². The molecule has 0 saturated carbocycles. The molecule has 1 saturated heterocycles. The van der Waals surface area contributed by atoms with E-state index < -0.39 is 0 Å². The van der Waals surface area contributed by atoms with Crippen LogP contribution < -0.4 is 0 Å².